The van der Waals surface area contributed by atoms with Gasteiger partial charge in [-0.2, -0.15) is 8.42 Å². The highest BCUT2D eigenvalue weighted by Crippen LogP contribution is 2.19. The highest BCUT2D eigenvalue weighted by atomic mass is 32.2. The lowest BCUT2D eigenvalue weighted by molar-refractivity contribution is 0.263. The maximum absolute atomic E-state index is 10.5. The molecule has 9 heteroatoms. The summed E-state index contributed by atoms with van der Waals surface area (Å²) >= 11 is 0. The van der Waals surface area contributed by atoms with Gasteiger partial charge >= 0.3 is 0 Å². The van der Waals surface area contributed by atoms with Gasteiger partial charge in [0, 0.05) is 11.5 Å². The predicted molar refractivity (Wildman–Crippen MR) is 145 cm³/mol. The second-order valence-electron chi connectivity index (χ2n) is 9.43. The first-order chi connectivity index (χ1) is 16.9. The Hall–Kier alpha value is -1.90. The molecule has 0 heterocycles. The molecule has 3 N–H and O–H groups in total. The van der Waals surface area contributed by atoms with Gasteiger partial charge in [0.05, 0.1) is 12.9 Å². The van der Waals surface area contributed by atoms with Gasteiger partial charge in [0.1, 0.15) is 0 Å². The third-order valence-corrected chi connectivity index (χ3v) is 6.73. The molecule has 0 saturated heterocycles. The standard InChI is InChI=1S/C7H13N.C7H12O3S.C6H9N3.C6H11N/c1-8-6-7-4-2-3-5-7;1-11(8,9)10-6-7-4-2-3-5-7;7-9-8-5-6-3-1-2-4-6;7-5-6-3-1-2-4-6/h2-3,7-8H,4-6H2,1H3;2-3,7H,4-6H2,1H3;1-2,6H,3-5H2;1-2,6H,3-5,7H2. The summed E-state index contributed by atoms with van der Waals surface area (Å²) in [6, 6.07) is 0. The van der Waals surface area contributed by atoms with E-state index in [4.69, 9.17) is 11.3 Å². The summed E-state index contributed by atoms with van der Waals surface area (Å²) in [6.07, 6.45) is 27.4. The van der Waals surface area contributed by atoms with Crippen LogP contribution in [0.4, 0.5) is 0 Å². The first kappa shape index (κ1) is 31.1. The molecule has 0 saturated carbocycles. The van der Waals surface area contributed by atoms with Crippen molar-refractivity contribution < 1.29 is 12.6 Å². The topological polar surface area (TPSA) is 130 Å². The lowest BCUT2D eigenvalue weighted by Gasteiger charge is -2.06. The maximum Gasteiger partial charge on any atom is 0.264 e. The third-order valence-electron chi connectivity index (χ3n) is 6.17. The zero-order chi connectivity index (χ0) is 25.8. The zero-order valence-electron chi connectivity index (χ0n) is 21.5. The summed E-state index contributed by atoms with van der Waals surface area (Å²) in [7, 11) is -1.23. The summed E-state index contributed by atoms with van der Waals surface area (Å²) in [5.41, 5.74) is 13.4. The molecule has 0 spiro atoms. The highest BCUT2D eigenvalue weighted by molar-refractivity contribution is 7.85. The van der Waals surface area contributed by atoms with Crippen molar-refractivity contribution >= 4 is 10.1 Å². The van der Waals surface area contributed by atoms with Crippen LogP contribution >= 0.6 is 0 Å². The molecule has 198 valence electrons. The van der Waals surface area contributed by atoms with Gasteiger partial charge in [-0.1, -0.05) is 53.7 Å². The molecule has 8 nitrogen and oxygen atoms in total. The largest absolute Gasteiger partial charge is 0.330 e. The first-order valence-electron chi connectivity index (χ1n) is 12.7. The van der Waals surface area contributed by atoms with E-state index < -0.39 is 10.1 Å². The average molecular weight is 508 g/mol. The molecule has 0 aromatic carbocycles. The number of nitrogens with zero attached hydrogens (tertiary/aromatic N) is 3. The van der Waals surface area contributed by atoms with Crippen molar-refractivity contribution in [2.45, 2.75) is 51.4 Å². The van der Waals surface area contributed by atoms with Crippen LogP contribution in [0.15, 0.2) is 53.7 Å². The molecule has 4 aliphatic rings. The molecular formula is C26H45N5O3S. The fraction of sp³-hybridized carbons (Fsp3) is 0.692. The minimum Gasteiger partial charge on any atom is -0.330 e. The smallest absolute Gasteiger partial charge is 0.264 e. The number of allylic oxidation sites excluding steroid dienone is 8. The van der Waals surface area contributed by atoms with Gasteiger partial charge in [-0.3, -0.25) is 4.18 Å². The van der Waals surface area contributed by atoms with Crippen LogP contribution in [-0.2, 0) is 14.3 Å². The number of hydrogen-bond donors (Lipinski definition) is 2. The van der Waals surface area contributed by atoms with Gasteiger partial charge in [0.2, 0.25) is 0 Å². The van der Waals surface area contributed by atoms with E-state index in [1.165, 1.54) is 32.2 Å². The number of hydrogen-bond acceptors (Lipinski definition) is 6. The molecule has 0 radical (unpaired) electrons. The van der Waals surface area contributed by atoms with Gasteiger partial charge in [-0.05, 0) is 101 Å². The monoisotopic (exact) mass is 507 g/mol. The second-order valence-corrected chi connectivity index (χ2v) is 11.1. The summed E-state index contributed by atoms with van der Waals surface area (Å²) in [5, 5.41) is 6.66. The van der Waals surface area contributed by atoms with Gasteiger partial charge in [-0.25, -0.2) is 0 Å². The second kappa shape index (κ2) is 19.3. The molecule has 0 bridgehead atoms. The Labute approximate surface area is 212 Å². The number of nitrogens with two attached hydrogens (primary N) is 1. The van der Waals surface area contributed by atoms with Gasteiger partial charge < -0.3 is 11.1 Å². The van der Waals surface area contributed by atoms with Crippen molar-refractivity contribution in [2.75, 3.05) is 39.5 Å². The third kappa shape index (κ3) is 17.2. The van der Waals surface area contributed by atoms with Crippen LogP contribution in [0.2, 0.25) is 0 Å². The van der Waals surface area contributed by atoms with Gasteiger partial charge in [0.25, 0.3) is 10.1 Å². The van der Waals surface area contributed by atoms with Crippen molar-refractivity contribution in [1.29, 1.82) is 0 Å². The summed E-state index contributed by atoms with van der Waals surface area (Å²) < 4.78 is 25.7. The molecule has 0 fully saturated rings. The molecule has 4 rings (SSSR count). The van der Waals surface area contributed by atoms with Crippen molar-refractivity contribution in [3.63, 3.8) is 0 Å². The van der Waals surface area contributed by atoms with Crippen LogP contribution < -0.4 is 11.1 Å². The van der Waals surface area contributed by atoms with Crippen LogP contribution in [0.1, 0.15) is 51.4 Å². The predicted octanol–water partition coefficient (Wildman–Crippen LogP) is 5.28. The fourth-order valence-electron chi connectivity index (χ4n) is 4.00. The van der Waals surface area contributed by atoms with E-state index in [0.717, 1.165) is 50.3 Å². The zero-order valence-corrected chi connectivity index (χ0v) is 22.3. The highest BCUT2D eigenvalue weighted by Gasteiger charge is 2.13. The Kier molecular flexibility index (Phi) is 17.2. The minimum atomic E-state index is -3.24. The van der Waals surface area contributed by atoms with E-state index in [0.29, 0.717) is 25.0 Å². The van der Waals surface area contributed by atoms with E-state index >= 15 is 0 Å². The Bertz CT molecular complexity index is 800. The van der Waals surface area contributed by atoms with E-state index in [-0.39, 0.29) is 0 Å². The molecule has 0 aromatic rings. The molecule has 0 amide bonds. The van der Waals surface area contributed by atoms with E-state index in [9.17, 15) is 8.42 Å². The molecule has 0 aromatic heterocycles. The lowest BCUT2D eigenvalue weighted by atomic mass is 10.1. The van der Waals surface area contributed by atoms with Crippen molar-refractivity contribution in [3.8, 4) is 0 Å². The van der Waals surface area contributed by atoms with Crippen molar-refractivity contribution in [1.82, 2.24) is 5.32 Å². The summed E-state index contributed by atoms with van der Waals surface area (Å²) in [5.74, 6) is 2.60. The molecular weight excluding hydrogens is 462 g/mol. The average Bonchev–Trinajstić information content (AvgIpc) is 3.66. The number of nitrogens with one attached hydrogen (secondary N) is 1. The van der Waals surface area contributed by atoms with E-state index in [1.54, 1.807) is 0 Å². The summed E-state index contributed by atoms with van der Waals surface area (Å²) in [4.78, 5) is 2.70. The molecule has 0 unspecified atom stereocenters. The fourth-order valence-corrected chi connectivity index (χ4v) is 4.44. The SMILES string of the molecule is CNCC1CC=CC1.CS(=O)(=O)OCC1CC=CC1.NCC1CC=CC1.[N-]=[N+]=NCC1CC=CC1. The van der Waals surface area contributed by atoms with Crippen LogP contribution in [0.5, 0.6) is 0 Å². The van der Waals surface area contributed by atoms with Gasteiger partial charge in [-0.15, -0.1) is 0 Å². The first-order valence-corrected chi connectivity index (χ1v) is 14.5. The van der Waals surface area contributed by atoms with Crippen molar-refractivity contribution in [3.05, 3.63) is 59.1 Å². The van der Waals surface area contributed by atoms with Crippen LogP contribution in [0.25, 0.3) is 10.4 Å². The number of rotatable bonds is 8. The Morgan fingerprint density at radius 1 is 0.857 bits per heavy atom. The molecule has 0 atom stereocenters. The van der Waals surface area contributed by atoms with E-state index in [1.807, 2.05) is 7.05 Å². The molecule has 4 aliphatic carbocycles. The molecule has 35 heavy (non-hydrogen) atoms. The minimum absolute atomic E-state index is 0.325. The summed E-state index contributed by atoms with van der Waals surface area (Å²) in [6.45, 7) is 3.01. The van der Waals surface area contributed by atoms with Crippen LogP contribution in [0, 0.1) is 23.7 Å². The Morgan fingerprint density at radius 2 is 1.29 bits per heavy atom. The lowest BCUT2D eigenvalue weighted by Crippen LogP contribution is -2.15. The quantitative estimate of drug-likeness (QED) is 0.152. The molecule has 0 aliphatic heterocycles. The van der Waals surface area contributed by atoms with Crippen LogP contribution in [-0.4, -0.2) is 48.0 Å². The normalized spacial score (nSPS) is 19.5. The number of azide groups is 1. The Morgan fingerprint density at radius 3 is 1.66 bits per heavy atom. The van der Waals surface area contributed by atoms with Gasteiger partial charge in [0.15, 0.2) is 0 Å². The Balaban J connectivity index is 0.000000236. The van der Waals surface area contributed by atoms with Crippen LogP contribution in [0.3, 0.4) is 0 Å². The van der Waals surface area contributed by atoms with E-state index in [2.05, 4.69) is 68.1 Å². The van der Waals surface area contributed by atoms with Crippen molar-refractivity contribution in [2.24, 2.45) is 34.5 Å². The maximum atomic E-state index is 10.5.